The molecule has 4 N–H and O–H groups in total. The zero-order chi connectivity index (χ0) is 14.5. The summed E-state index contributed by atoms with van der Waals surface area (Å²) in [5.41, 5.74) is 2.49. The maximum absolute atomic E-state index is 12.3. The monoisotopic (exact) mass is 278 g/mol. The number of hydrogen-bond donors (Lipinski definition) is 3. The van der Waals surface area contributed by atoms with Crippen LogP contribution < -0.4 is 16.6 Å². The average Bonchev–Trinajstić information content (AvgIpc) is 2.46. The van der Waals surface area contributed by atoms with E-state index in [0.29, 0.717) is 17.5 Å². The van der Waals surface area contributed by atoms with Crippen molar-refractivity contribution in [2.75, 3.05) is 23.8 Å². The Bertz CT molecular complexity index is 472. The second-order valence-electron chi connectivity index (χ2n) is 5.08. The van der Waals surface area contributed by atoms with E-state index in [2.05, 4.69) is 20.7 Å². The van der Waals surface area contributed by atoms with E-state index >= 15 is 0 Å². The molecule has 7 nitrogen and oxygen atoms in total. The molecule has 7 heteroatoms. The summed E-state index contributed by atoms with van der Waals surface area (Å²) in [7, 11) is 0. The Morgan fingerprint density at radius 2 is 1.95 bits per heavy atom. The molecule has 0 radical (unpaired) electrons. The predicted molar refractivity (Wildman–Crippen MR) is 78.1 cm³/mol. The van der Waals surface area contributed by atoms with Gasteiger partial charge in [-0.2, -0.15) is 0 Å². The molecule has 1 saturated heterocycles. The average molecular weight is 278 g/mol. The van der Waals surface area contributed by atoms with Gasteiger partial charge in [0, 0.05) is 19.2 Å². The maximum Gasteiger partial charge on any atom is 0.244 e. The number of amides is 1. The van der Waals surface area contributed by atoms with E-state index in [4.69, 9.17) is 5.84 Å². The zero-order valence-electron chi connectivity index (χ0n) is 12.0. The molecular formula is C13H22N6O. The number of hydrogen-bond acceptors (Lipinski definition) is 6. The van der Waals surface area contributed by atoms with Crippen molar-refractivity contribution in [3.05, 3.63) is 11.9 Å². The van der Waals surface area contributed by atoms with Crippen LogP contribution in [-0.2, 0) is 4.79 Å². The number of nitrogen functional groups attached to an aromatic ring is 1. The molecule has 1 aliphatic heterocycles. The van der Waals surface area contributed by atoms with Gasteiger partial charge in [0.1, 0.15) is 23.5 Å². The molecule has 1 unspecified atom stereocenters. The molecule has 2 rings (SSSR count). The standard InChI is InChI=1S/C13H22N6O/c1-9(13(20)19-6-4-3-5-7-19)15-11-8-12(18-14)17-10(2)16-11/h8-9H,3-7,14H2,1-2H3,(H2,15,16,17,18). The third kappa shape index (κ3) is 3.57. The van der Waals surface area contributed by atoms with Gasteiger partial charge in [-0.3, -0.25) is 4.79 Å². The van der Waals surface area contributed by atoms with Gasteiger partial charge in [0.25, 0.3) is 0 Å². The smallest absolute Gasteiger partial charge is 0.244 e. The lowest BCUT2D eigenvalue weighted by molar-refractivity contribution is -0.132. The maximum atomic E-state index is 12.3. The molecule has 1 aromatic heterocycles. The number of carbonyl (C=O) groups excluding carboxylic acids is 1. The molecule has 0 spiro atoms. The molecule has 110 valence electrons. The van der Waals surface area contributed by atoms with Crippen LogP contribution in [0.3, 0.4) is 0 Å². The highest BCUT2D eigenvalue weighted by Crippen LogP contribution is 2.14. The lowest BCUT2D eigenvalue weighted by Crippen LogP contribution is -2.44. The molecular weight excluding hydrogens is 256 g/mol. The molecule has 0 aromatic carbocycles. The number of carbonyl (C=O) groups is 1. The minimum Gasteiger partial charge on any atom is -0.358 e. The molecule has 2 heterocycles. The summed E-state index contributed by atoms with van der Waals surface area (Å²) in [4.78, 5) is 22.6. The Balaban J connectivity index is 2.01. The van der Waals surface area contributed by atoms with Crippen molar-refractivity contribution in [3.63, 3.8) is 0 Å². The molecule has 20 heavy (non-hydrogen) atoms. The van der Waals surface area contributed by atoms with Gasteiger partial charge in [0.05, 0.1) is 0 Å². The lowest BCUT2D eigenvalue weighted by atomic mass is 10.1. The van der Waals surface area contributed by atoms with E-state index in [1.165, 1.54) is 6.42 Å². The Hall–Kier alpha value is -1.89. The quantitative estimate of drug-likeness (QED) is 0.559. The summed E-state index contributed by atoms with van der Waals surface area (Å²) in [6, 6.07) is 1.38. The summed E-state index contributed by atoms with van der Waals surface area (Å²) in [6.07, 6.45) is 3.39. The van der Waals surface area contributed by atoms with E-state index in [-0.39, 0.29) is 11.9 Å². The minimum atomic E-state index is -0.312. The van der Waals surface area contributed by atoms with E-state index in [9.17, 15) is 4.79 Å². The fraction of sp³-hybridized carbons (Fsp3) is 0.615. The van der Waals surface area contributed by atoms with Gasteiger partial charge in [-0.25, -0.2) is 15.8 Å². The van der Waals surface area contributed by atoms with Gasteiger partial charge >= 0.3 is 0 Å². The van der Waals surface area contributed by atoms with Crippen LogP contribution in [0.2, 0.25) is 0 Å². The minimum absolute atomic E-state index is 0.114. The first kappa shape index (κ1) is 14.5. The Morgan fingerprint density at radius 1 is 1.30 bits per heavy atom. The van der Waals surface area contributed by atoms with Crippen molar-refractivity contribution < 1.29 is 4.79 Å². The second kappa shape index (κ2) is 6.51. The second-order valence-corrected chi connectivity index (χ2v) is 5.08. The number of nitrogens with zero attached hydrogens (tertiary/aromatic N) is 3. The predicted octanol–water partition coefficient (Wildman–Crippen LogP) is 0.884. The van der Waals surface area contributed by atoms with Crippen molar-refractivity contribution in [2.45, 2.75) is 39.2 Å². The van der Waals surface area contributed by atoms with Gasteiger partial charge in [-0.05, 0) is 33.1 Å². The number of anilines is 2. The third-order valence-corrected chi connectivity index (χ3v) is 3.39. The summed E-state index contributed by atoms with van der Waals surface area (Å²) < 4.78 is 0. The zero-order valence-corrected chi connectivity index (χ0v) is 12.0. The first-order valence-electron chi connectivity index (χ1n) is 6.98. The number of hydrazine groups is 1. The fourth-order valence-electron chi connectivity index (χ4n) is 2.39. The number of aromatic nitrogens is 2. The highest BCUT2D eigenvalue weighted by atomic mass is 16.2. The van der Waals surface area contributed by atoms with Crippen LogP contribution in [0.1, 0.15) is 32.0 Å². The van der Waals surface area contributed by atoms with Gasteiger partial charge in [-0.15, -0.1) is 0 Å². The topological polar surface area (TPSA) is 96.2 Å². The SMILES string of the molecule is Cc1nc(NN)cc(NC(C)C(=O)N2CCCCC2)n1. The van der Waals surface area contributed by atoms with Crippen molar-refractivity contribution >= 4 is 17.5 Å². The van der Waals surface area contributed by atoms with Gasteiger partial charge in [-0.1, -0.05) is 0 Å². The molecule has 1 fully saturated rings. The normalized spacial score (nSPS) is 16.6. The number of piperidine rings is 1. The van der Waals surface area contributed by atoms with E-state index in [1.807, 2.05) is 11.8 Å². The van der Waals surface area contributed by atoms with Crippen LogP contribution in [0.15, 0.2) is 6.07 Å². The van der Waals surface area contributed by atoms with Crippen LogP contribution in [-0.4, -0.2) is 39.9 Å². The van der Waals surface area contributed by atoms with Crippen molar-refractivity contribution in [3.8, 4) is 0 Å². The van der Waals surface area contributed by atoms with Gasteiger partial charge in [0.15, 0.2) is 0 Å². The molecule has 1 aromatic rings. The summed E-state index contributed by atoms with van der Waals surface area (Å²) in [5.74, 6) is 7.19. The van der Waals surface area contributed by atoms with Crippen LogP contribution >= 0.6 is 0 Å². The fourth-order valence-corrected chi connectivity index (χ4v) is 2.39. The van der Waals surface area contributed by atoms with E-state index in [0.717, 1.165) is 25.9 Å². The van der Waals surface area contributed by atoms with Gasteiger partial charge < -0.3 is 15.6 Å². The van der Waals surface area contributed by atoms with Crippen molar-refractivity contribution in [1.82, 2.24) is 14.9 Å². The Morgan fingerprint density at radius 3 is 2.60 bits per heavy atom. The number of rotatable bonds is 4. The Kier molecular flexibility index (Phi) is 4.73. The van der Waals surface area contributed by atoms with E-state index < -0.39 is 0 Å². The number of nitrogens with one attached hydrogen (secondary N) is 2. The lowest BCUT2D eigenvalue weighted by Gasteiger charge is -2.29. The highest BCUT2D eigenvalue weighted by Gasteiger charge is 2.22. The van der Waals surface area contributed by atoms with Crippen LogP contribution in [0.4, 0.5) is 11.6 Å². The van der Waals surface area contributed by atoms with Gasteiger partial charge in [0.2, 0.25) is 5.91 Å². The largest absolute Gasteiger partial charge is 0.358 e. The van der Waals surface area contributed by atoms with Crippen molar-refractivity contribution in [2.24, 2.45) is 5.84 Å². The molecule has 0 bridgehead atoms. The summed E-state index contributed by atoms with van der Waals surface area (Å²) in [5, 5.41) is 3.12. The van der Waals surface area contributed by atoms with Crippen molar-refractivity contribution in [1.29, 1.82) is 0 Å². The molecule has 1 aliphatic rings. The number of nitrogens with two attached hydrogens (primary N) is 1. The van der Waals surface area contributed by atoms with Crippen LogP contribution in [0.5, 0.6) is 0 Å². The first-order valence-corrected chi connectivity index (χ1v) is 6.98. The highest BCUT2D eigenvalue weighted by molar-refractivity contribution is 5.84. The summed E-state index contributed by atoms with van der Waals surface area (Å²) >= 11 is 0. The van der Waals surface area contributed by atoms with Crippen LogP contribution in [0, 0.1) is 6.92 Å². The molecule has 1 amide bonds. The molecule has 0 aliphatic carbocycles. The summed E-state index contributed by atoms with van der Waals surface area (Å²) in [6.45, 7) is 5.33. The number of aryl methyl sites for hydroxylation is 1. The van der Waals surface area contributed by atoms with E-state index in [1.54, 1.807) is 13.0 Å². The molecule has 1 atom stereocenters. The third-order valence-electron chi connectivity index (χ3n) is 3.39. The Labute approximate surface area is 118 Å². The first-order chi connectivity index (χ1) is 9.60. The number of likely N-dealkylation sites (tertiary alicyclic amines) is 1. The van der Waals surface area contributed by atoms with Crippen LogP contribution in [0.25, 0.3) is 0 Å². The molecule has 0 saturated carbocycles.